The summed E-state index contributed by atoms with van der Waals surface area (Å²) in [5.41, 5.74) is 7.29. The van der Waals surface area contributed by atoms with Gasteiger partial charge in [0, 0.05) is 19.8 Å². The molecular formula is C16H27NO4. The fourth-order valence-corrected chi connectivity index (χ4v) is 1.90. The van der Waals surface area contributed by atoms with Crippen molar-refractivity contribution < 1.29 is 18.9 Å². The van der Waals surface area contributed by atoms with Gasteiger partial charge in [0.25, 0.3) is 0 Å². The SMILES string of the molecule is COCCOCCOCCC(N)Cc1cccc(OC)c1. The average Bonchev–Trinajstić information content (AvgIpc) is 2.50. The van der Waals surface area contributed by atoms with E-state index in [1.165, 1.54) is 5.56 Å². The zero-order valence-electron chi connectivity index (χ0n) is 13.0. The summed E-state index contributed by atoms with van der Waals surface area (Å²) >= 11 is 0. The molecule has 2 N–H and O–H groups in total. The van der Waals surface area contributed by atoms with Crippen molar-refractivity contribution in [1.82, 2.24) is 0 Å². The first kappa shape index (κ1) is 17.9. The molecule has 0 aliphatic carbocycles. The second-order valence-corrected chi connectivity index (χ2v) is 4.82. The molecule has 0 amide bonds. The summed E-state index contributed by atoms with van der Waals surface area (Å²) in [6.07, 6.45) is 1.65. The molecule has 0 heterocycles. The van der Waals surface area contributed by atoms with Crippen LogP contribution in [0, 0.1) is 0 Å². The quantitative estimate of drug-likeness (QED) is 0.594. The first-order valence-corrected chi connectivity index (χ1v) is 7.29. The van der Waals surface area contributed by atoms with Gasteiger partial charge in [-0.15, -0.1) is 0 Å². The number of ether oxygens (including phenoxy) is 4. The molecular weight excluding hydrogens is 270 g/mol. The van der Waals surface area contributed by atoms with E-state index in [9.17, 15) is 0 Å². The number of methoxy groups -OCH3 is 2. The third-order valence-corrected chi connectivity index (χ3v) is 3.07. The van der Waals surface area contributed by atoms with Crippen molar-refractivity contribution in [3.63, 3.8) is 0 Å². The first-order chi connectivity index (χ1) is 10.3. The van der Waals surface area contributed by atoms with Crippen LogP contribution < -0.4 is 10.5 Å². The second kappa shape index (κ2) is 11.5. The van der Waals surface area contributed by atoms with E-state index in [2.05, 4.69) is 6.07 Å². The van der Waals surface area contributed by atoms with Gasteiger partial charge >= 0.3 is 0 Å². The van der Waals surface area contributed by atoms with Gasteiger partial charge in [-0.05, 0) is 30.5 Å². The van der Waals surface area contributed by atoms with E-state index >= 15 is 0 Å². The summed E-state index contributed by atoms with van der Waals surface area (Å²) in [6.45, 7) is 3.06. The van der Waals surface area contributed by atoms with Crippen molar-refractivity contribution >= 4 is 0 Å². The summed E-state index contributed by atoms with van der Waals surface area (Å²) in [7, 11) is 3.32. The van der Waals surface area contributed by atoms with Crippen molar-refractivity contribution in [2.75, 3.05) is 47.3 Å². The van der Waals surface area contributed by atoms with Crippen molar-refractivity contribution in [1.29, 1.82) is 0 Å². The zero-order valence-corrected chi connectivity index (χ0v) is 13.0. The van der Waals surface area contributed by atoms with Gasteiger partial charge in [0.2, 0.25) is 0 Å². The van der Waals surface area contributed by atoms with Crippen LogP contribution in [0.3, 0.4) is 0 Å². The van der Waals surface area contributed by atoms with Gasteiger partial charge in [-0.3, -0.25) is 0 Å². The Hall–Kier alpha value is -1.14. The maximum absolute atomic E-state index is 6.11. The van der Waals surface area contributed by atoms with Crippen LogP contribution in [-0.4, -0.2) is 53.3 Å². The Labute approximate surface area is 127 Å². The standard InChI is InChI=1S/C16H27NO4/c1-18-8-9-21-11-10-20-7-6-15(17)12-14-4-3-5-16(13-14)19-2/h3-5,13,15H,6-12,17H2,1-2H3. The minimum atomic E-state index is 0.0894. The predicted molar refractivity (Wildman–Crippen MR) is 82.8 cm³/mol. The summed E-state index contributed by atoms with van der Waals surface area (Å²) < 4.78 is 20.9. The van der Waals surface area contributed by atoms with Gasteiger partial charge in [-0.1, -0.05) is 12.1 Å². The van der Waals surface area contributed by atoms with E-state index in [0.29, 0.717) is 33.0 Å². The van der Waals surface area contributed by atoms with Crippen molar-refractivity contribution in [3.8, 4) is 5.75 Å². The Morgan fingerprint density at radius 3 is 2.43 bits per heavy atom. The Bertz CT molecular complexity index is 373. The molecule has 1 aromatic rings. The topological polar surface area (TPSA) is 62.9 Å². The molecule has 1 rings (SSSR count). The maximum Gasteiger partial charge on any atom is 0.119 e. The molecule has 0 spiro atoms. The summed E-state index contributed by atoms with van der Waals surface area (Å²) in [5.74, 6) is 0.865. The van der Waals surface area contributed by atoms with Gasteiger partial charge in [-0.2, -0.15) is 0 Å². The lowest BCUT2D eigenvalue weighted by molar-refractivity contribution is 0.0234. The van der Waals surface area contributed by atoms with Crippen LogP contribution in [0.2, 0.25) is 0 Å². The van der Waals surface area contributed by atoms with Gasteiger partial charge in [0.05, 0.1) is 33.5 Å². The number of hydrogen-bond acceptors (Lipinski definition) is 5. The van der Waals surface area contributed by atoms with Crippen LogP contribution in [0.4, 0.5) is 0 Å². The predicted octanol–water partition coefficient (Wildman–Crippen LogP) is 1.63. The van der Waals surface area contributed by atoms with Gasteiger partial charge in [-0.25, -0.2) is 0 Å². The van der Waals surface area contributed by atoms with Crippen LogP contribution in [0.25, 0.3) is 0 Å². The molecule has 5 nitrogen and oxygen atoms in total. The number of hydrogen-bond donors (Lipinski definition) is 1. The van der Waals surface area contributed by atoms with Gasteiger partial charge in [0.15, 0.2) is 0 Å². The highest BCUT2D eigenvalue weighted by Gasteiger charge is 2.05. The van der Waals surface area contributed by atoms with E-state index in [1.54, 1.807) is 14.2 Å². The lowest BCUT2D eigenvalue weighted by Crippen LogP contribution is -2.25. The molecule has 0 aliphatic rings. The molecule has 0 saturated heterocycles. The first-order valence-electron chi connectivity index (χ1n) is 7.29. The molecule has 0 aromatic heterocycles. The number of nitrogens with two attached hydrogens (primary N) is 1. The van der Waals surface area contributed by atoms with Crippen LogP contribution in [-0.2, 0) is 20.6 Å². The highest BCUT2D eigenvalue weighted by atomic mass is 16.5. The van der Waals surface area contributed by atoms with Crippen LogP contribution in [0.1, 0.15) is 12.0 Å². The van der Waals surface area contributed by atoms with E-state index in [1.807, 2.05) is 18.2 Å². The molecule has 0 radical (unpaired) electrons. The zero-order chi connectivity index (χ0) is 15.3. The molecule has 1 unspecified atom stereocenters. The van der Waals surface area contributed by atoms with Crippen molar-refractivity contribution in [2.24, 2.45) is 5.73 Å². The lowest BCUT2D eigenvalue weighted by Gasteiger charge is -2.12. The average molecular weight is 297 g/mol. The van der Waals surface area contributed by atoms with Crippen LogP contribution >= 0.6 is 0 Å². The highest BCUT2D eigenvalue weighted by molar-refractivity contribution is 5.28. The van der Waals surface area contributed by atoms with Crippen LogP contribution in [0.5, 0.6) is 5.75 Å². The molecule has 0 aliphatic heterocycles. The smallest absolute Gasteiger partial charge is 0.119 e. The maximum atomic E-state index is 6.11. The monoisotopic (exact) mass is 297 g/mol. The molecule has 1 atom stereocenters. The second-order valence-electron chi connectivity index (χ2n) is 4.82. The Kier molecular flexibility index (Phi) is 9.82. The Morgan fingerprint density at radius 2 is 1.71 bits per heavy atom. The molecule has 0 fully saturated rings. The van der Waals surface area contributed by atoms with Gasteiger partial charge < -0.3 is 24.7 Å². The lowest BCUT2D eigenvalue weighted by atomic mass is 10.0. The van der Waals surface area contributed by atoms with Crippen LogP contribution in [0.15, 0.2) is 24.3 Å². The largest absolute Gasteiger partial charge is 0.497 e. The highest BCUT2D eigenvalue weighted by Crippen LogP contribution is 2.14. The minimum Gasteiger partial charge on any atom is -0.497 e. The third kappa shape index (κ3) is 8.67. The Morgan fingerprint density at radius 1 is 1.00 bits per heavy atom. The molecule has 120 valence electrons. The molecule has 0 saturated carbocycles. The van der Waals surface area contributed by atoms with Gasteiger partial charge in [0.1, 0.15) is 5.75 Å². The summed E-state index contributed by atoms with van der Waals surface area (Å²) in [4.78, 5) is 0. The van der Waals surface area contributed by atoms with E-state index in [0.717, 1.165) is 18.6 Å². The fraction of sp³-hybridized carbons (Fsp3) is 0.625. The molecule has 21 heavy (non-hydrogen) atoms. The molecule has 0 bridgehead atoms. The normalized spacial score (nSPS) is 12.3. The number of rotatable bonds is 12. The van der Waals surface area contributed by atoms with E-state index in [-0.39, 0.29) is 6.04 Å². The Balaban J connectivity index is 2.07. The van der Waals surface area contributed by atoms with Crippen molar-refractivity contribution in [3.05, 3.63) is 29.8 Å². The summed E-state index contributed by atoms with van der Waals surface area (Å²) in [6, 6.07) is 8.08. The fourth-order valence-electron chi connectivity index (χ4n) is 1.90. The molecule has 1 aromatic carbocycles. The van der Waals surface area contributed by atoms with Crippen molar-refractivity contribution in [2.45, 2.75) is 18.9 Å². The minimum absolute atomic E-state index is 0.0894. The van der Waals surface area contributed by atoms with E-state index < -0.39 is 0 Å². The third-order valence-electron chi connectivity index (χ3n) is 3.07. The molecule has 5 heteroatoms. The number of benzene rings is 1. The van der Waals surface area contributed by atoms with E-state index in [4.69, 9.17) is 24.7 Å². The summed E-state index contributed by atoms with van der Waals surface area (Å²) in [5, 5.41) is 0.